The molecule has 24 atom stereocenters. The lowest BCUT2D eigenvalue weighted by Crippen LogP contribution is -2.42. The third-order valence-corrected chi connectivity index (χ3v) is 26.1. The molecule has 0 aromatic heterocycles. The molecule has 29 nitrogen and oxygen atoms in total. The smallest absolute Gasteiger partial charge is 0.350 e. The summed E-state index contributed by atoms with van der Waals surface area (Å²) in [5.41, 5.74) is -4.15. The number of cyclic esters (lactones) is 1. The van der Waals surface area contributed by atoms with E-state index in [1.165, 1.54) is 0 Å². The van der Waals surface area contributed by atoms with Gasteiger partial charge in [-0.1, -0.05) is 41.5 Å². The molecule has 15 fully saturated rings. The minimum absolute atomic E-state index is 0.0231. The van der Waals surface area contributed by atoms with Gasteiger partial charge in [-0.3, -0.25) is 47.9 Å². The Balaban J connectivity index is 0.000000140. The maximum absolute atomic E-state index is 12.2. The van der Waals surface area contributed by atoms with Crippen molar-refractivity contribution in [1.29, 1.82) is 5.26 Å². The van der Waals surface area contributed by atoms with E-state index in [1.54, 1.807) is 27.7 Å². The number of carbonyl (C=O) groups excluding carboxylic acids is 12. The van der Waals surface area contributed by atoms with Crippen LogP contribution in [0.25, 0.3) is 0 Å². The molecule has 24 unspecified atom stereocenters. The molecule has 0 N–H and O–H groups in total. The van der Waals surface area contributed by atoms with Crippen LogP contribution < -0.4 is 0 Å². The Kier molecular flexibility index (Phi) is 24.4. The van der Waals surface area contributed by atoms with Gasteiger partial charge in [-0.2, -0.15) is 5.26 Å². The highest BCUT2D eigenvalue weighted by Gasteiger charge is 2.73. The van der Waals surface area contributed by atoms with E-state index in [2.05, 4.69) is 6.07 Å². The summed E-state index contributed by atoms with van der Waals surface area (Å²) in [4.78, 5) is 142. The standard InChI is InChI=1S/C15H19NO4.C15H22O7.C14H20O4.C13H18O5.C13H20O4.C10H16O4/c1-4-14(2,3)12(17)19-10-8-5-9-11(10)20-13(18)15(9,6-8)7-16;1-6-14(2,3)13(17)20-9-7-8(18-11(9)16)10-12(19-7)22-15(4,5)21-10;1-4-14(2,3)13(16)18-10-7-5-8-9(6-7)12(15)17-11(8)10;1-4-13(2,3)12(15)18-9-7-5-6-8(16-7)10(9)17-11(6)14;1-4-13(2,3)12(15)17-10-8-6-5-7-9(8)16-11(10)14;1-4-10(2,3)9(12)14-7-5-8(11)13-6-7/h8-11H,4-6H2,1-3H3;7-10,12H,6H2,1-5H3;7-11H,4-6H2,1-3H3;6-10H,4-5H2,1-3H3;8-10H,4-7H2,1-3H3;7H,4-6H2,1-3H3. The largest absolute Gasteiger partial charge is 0.462 e. The fourth-order valence-electron chi connectivity index (χ4n) is 16.2. The molecule has 10 heterocycles. The Hall–Kier alpha value is -7.03. The van der Waals surface area contributed by atoms with Crippen molar-refractivity contribution in [2.24, 2.45) is 79.3 Å². The van der Waals surface area contributed by atoms with E-state index < -0.39 is 117 Å². The second-order valence-electron chi connectivity index (χ2n) is 36.2. The lowest BCUT2D eigenvalue weighted by molar-refractivity contribution is -0.217. The van der Waals surface area contributed by atoms with Crippen LogP contribution in [0.2, 0.25) is 0 Å². The Morgan fingerprint density at radius 2 is 0.936 bits per heavy atom. The summed E-state index contributed by atoms with van der Waals surface area (Å²) in [5.74, 6) is -3.80. The van der Waals surface area contributed by atoms with Crippen molar-refractivity contribution in [3.05, 3.63) is 0 Å². The van der Waals surface area contributed by atoms with Gasteiger partial charge >= 0.3 is 71.6 Å². The maximum atomic E-state index is 12.2. The number of hydrogen-bond acceptors (Lipinski definition) is 29. The predicted octanol–water partition coefficient (Wildman–Crippen LogP) is 9.25. The quantitative estimate of drug-likeness (QED) is 0.0910. The van der Waals surface area contributed by atoms with E-state index in [-0.39, 0.29) is 139 Å². The number of ether oxygens (including phenoxy) is 16. The SMILES string of the molecule is CCC(C)(C)C(=O)OC1C(=O)OC2C3OC(C)(C)OC3OC12.CCC(C)(C)C(=O)OC1C(=O)OC2CCCC21.CCC(C)(C)C(=O)OC1C2CC3C(=O)OC1C3C2.CCC(C)(C)C(=O)OC1C2CC3C(=O)OC1C3O2.CCC(C)(C)C(=O)OC1C2CC3C1OC(=O)C3(C#N)C2.CCC(C)(C)C(=O)OC1COC(=O)C1. The van der Waals surface area contributed by atoms with Gasteiger partial charge in [0.05, 0.1) is 62.9 Å². The number of fused-ring (bicyclic) bond motifs is 7. The maximum Gasteiger partial charge on any atom is 0.350 e. The first-order valence-corrected chi connectivity index (χ1v) is 39.3. The molecule has 15 aliphatic rings. The lowest BCUT2D eigenvalue weighted by Gasteiger charge is -2.30. The van der Waals surface area contributed by atoms with E-state index in [1.807, 2.05) is 111 Å². The molecule has 10 saturated heterocycles. The second kappa shape index (κ2) is 31.5. The molecular weight excluding hydrogens is 1420 g/mol. The zero-order valence-corrected chi connectivity index (χ0v) is 67.0. The molecule has 0 amide bonds. The number of hydrogen-bond donors (Lipinski definition) is 0. The van der Waals surface area contributed by atoms with Gasteiger partial charge < -0.3 is 75.8 Å². The van der Waals surface area contributed by atoms with Crippen molar-refractivity contribution < 1.29 is 133 Å². The summed E-state index contributed by atoms with van der Waals surface area (Å²) >= 11 is 0. The predicted molar refractivity (Wildman–Crippen MR) is 375 cm³/mol. The number of rotatable bonds is 18. The Labute approximate surface area is 638 Å². The van der Waals surface area contributed by atoms with Crippen molar-refractivity contribution in [2.45, 2.75) is 338 Å². The summed E-state index contributed by atoms with van der Waals surface area (Å²) in [7, 11) is 0. The van der Waals surface area contributed by atoms with Gasteiger partial charge in [-0.25, -0.2) is 9.59 Å². The molecule has 0 aromatic carbocycles. The van der Waals surface area contributed by atoms with Crippen molar-refractivity contribution >= 4 is 71.6 Å². The van der Waals surface area contributed by atoms with Gasteiger partial charge in [-0.15, -0.1) is 0 Å². The highest BCUT2D eigenvalue weighted by atomic mass is 16.9. The number of carbonyl (C=O) groups is 12. The third-order valence-electron chi connectivity index (χ3n) is 26.1. The number of nitrogens with zero attached hydrogens (tertiary/aromatic N) is 1. The van der Waals surface area contributed by atoms with Crippen LogP contribution in [0.3, 0.4) is 0 Å². The van der Waals surface area contributed by atoms with Crippen LogP contribution in [-0.4, -0.2) is 182 Å². The highest BCUT2D eigenvalue weighted by molar-refractivity contribution is 5.87. The average Bonchev–Trinajstić information content (AvgIpc) is 1.54. The Morgan fingerprint density at radius 1 is 0.450 bits per heavy atom. The Bertz CT molecular complexity index is 3490. The van der Waals surface area contributed by atoms with Crippen LogP contribution >= 0.6 is 0 Å². The summed E-state index contributed by atoms with van der Waals surface area (Å²) in [6.45, 7) is 37.4. The van der Waals surface area contributed by atoms with Gasteiger partial charge in [0, 0.05) is 29.6 Å². The van der Waals surface area contributed by atoms with Gasteiger partial charge in [0.1, 0.15) is 55.4 Å². The first-order chi connectivity index (χ1) is 50.8. The zero-order valence-electron chi connectivity index (χ0n) is 67.0. The third kappa shape index (κ3) is 16.6. The van der Waals surface area contributed by atoms with Gasteiger partial charge in [0.25, 0.3) is 0 Å². The fourth-order valence-corrected chi connectivity index (χ4v) is 16.2. The molecule has 29 heteroatoms. The van der Waals surface area contributed by atoms with E-state index in [9.17, 15) is 62.8 Å². The molecule has 0 spiro atoms. The molecule has 109 heavy (non-hydrogen) atoms. The van der Waals surface area contributed by atoms with Gasteiger partial charge in [0.15, 0.2) is 41.9 Å². The highest BCUT2D eigenvalue weighted by Crippen LogP contribution is 2.63. The molecule has 10 aliphatic heterocycles. The first kappa shape index (κ1) is 84.4. The fraction of sp³-hybridized carbons (Fsp3) is 0.838. The minimum atomic E-state index is -1.07. The first-order valence-electron chi connectivity index (χ1n) is 39.3. The van der Waals surface area contributed by atoms with Crippen molar-refractivity contribution in [3.63, 3.8) is 0 Å². The second-order valence-corrected chi connectivity index (χ2v) is 36.2. The molecular formula is C80H115NO28. The summed E-state index contributed by atoms with van der Waals surface area (Å²) in [5, 5.41) is 9.31. The summed E-state index contributed by atoms with van der Waals surface area (Å²) < 4.78 is 86.7. The molecule has 5 aliphatic carbocycles. The average molecular weight is 1540 g/mol. The molecule has 0 radical (unpaired) electrons. The van der Waals surface area contributed by atoms with Gasteiger partial charge in [-0.05, 0) is 187 Å². The molecule has 6 bridgehead atoms. The van der Waals surface area contributed by atoms with Crippen molar-refractivity contribution in [2.75, 3.05) is 6.61 Å². The summed E-state index contributed by atoms with van der Waals surface area (Å²) in [6, 6.07) is 2.15. The molecule has 15 rings (SSSR count). The Morgan fingerprint density at radius 3 is 1.47 bits per heavy atom. The van der Waals surface area contributed by atoms with Gasteiger partial charge in [0.2, 0.25) is 12.2 Å². The molecule has 0 aromatic rings. The summed E-state index contributed by atoms with van der Waals surface area (Å²) in [6.07, 6.45) is 3.98. The molecule has 608 valence electrons. The monoisotopic (exact) mass is 1540 g/mol. The van der Waals surface area contributed by atoms with Crippen molar-refractivity contribution in [1.82, 2.24) is 0 Å². The minimum Gasteiger partial charge on any atom is -0.462 e. The number of nitriles is 1. The lowest BCUT2D eigenvalue weighted by atomic mass is 9.74. The van der Waals surface area contributed by atoms with Crippen LogP contribution in [0.5, 0.6) is 0 Å². The molecule has 5 saturated carbocycles. The van der Waals surface area contributed by atoms with E-state index in [0.29, 0.717) is 56.8 Å². The number of esters is 12. The van der Waals surface area contributed by atoms with Crippen LogP contribution in [0, 0.1) is 90.7 Å². The van der Waals surface area contributed by atoms with Crippen LogP contribution in [0.1, 0.15) is 235 Å². The topological polar surface area (TPSA) is 376 Å². The van der Waals surface area contributed by atoms with E-state index in [0.717, 1.165) is 44.9 Å². The van der Waals surface area contributed by atoms with E-state index >= 15 is 0 Å². The van der Waals surface area contributed by atoms with Crippen LogP contribution in [0.15, 0.2) is 0 Å². The zero-order chi connectivity index (χ0) is 80.5. The normalized spacial score (nSPS) is 36.9. The van der Waals surface area contributed by atoms with Crippen molar-refractivity contribution in [3.8, 4) is 6.07 Å². The van der Waals surface area contributed by atoms with Crippen LogP contribution in [-0.2, 0) is 133 Å². The van der Waals surface area contributed by atoms with Crippen LogP contribution in [0.4, 0.5) is 0 Å². The van der Waals surface area contributed by atoms with E-state index in [4.69, 9.17) is 75.8 Å².